The summed E-state index contributed by atoms with van der Waals surface area (Å²) in [5.41, 5.74) is 0. The molecule has 0 aromatic heterocycles. The third-order valence-electron chi connectivity index (χ3n) is 3.78. The van der Waals surface area contributed by atoms with Crippen molar-refractivity contribution in [3.63, 3.8) is 0 Å². The molecular formula is C14H30N2O. The van der Waals surface area contributed by atoms with Crippen molar-refractivity contribution in [1.82, 2.24) is 10.2 Å². The van der Waals surface area contributed by atoms with Crippen molar-refractivity contribution >= 4 is 0 Å². The molecule has 0 aromatic rings. The summed E-state index contributed by atoms with van der Waals surface area (Å²) in [6.45, 7) is 9.85. The average Bonchev–Trinajstić information content (AvgIpc) is 2.26. The maximum absolute atomic E-state index is 9.98. The van der Waals surface area contributed by atoms with E-state index in [1.807, 2.05) is 0 Å². The predicted octanol–water partition coefficient (Wildman–Crippen LogP) is 1.71. The number of likely N-dealkylation sites (tertiary alicyclic amines) is 1. The molecule has 1 heterocycles. The molecule has 0 saturated carbocycles. The molecule has 0 spiro atoms. The molecule has 0 aromatic carbocycles. The van der Waals surface area contributed by atoms with E-state index < -0.39 is 0 Å². The van der Waals surface area contributed by atoms with Crippen LogP contribution in [-0.4, -0.2) is 48.8 Å². The summed E-state index contributed by atoms with van der Waals surface area (Å²) in [5.74, 6) is 1.20. The van der Waals surface area contributed by atoms with Crippen LogP contribution in [-0.2, 0) is 0 Å². The van der Waals surface area contributed by atoms with Crippen LogP contribution in [0.1, 0.15) is 40.0 Å². The first-order valence-electron chi connectivity index (χ1n) is 7.12. The van der Waals surface area contributed by atoms with Crippen molar-refractivity contribution in [3.8, 4) is 0 Å². The van der Waals surface area contributed by atoms with Crippen molar-refractivity contribution in [2.24, 2.45) is 11.8 Å². The van der Waals surface area contributed by atoms with Crippen LogP contribution >= 0.6 is 0 Å². The van der Waals surface area contributed by atoms with Crippen LogP contribution in [0.3, 0.4) is 0 Å². The predicted molar refractivity (Wildman–Crippen MR) is 73.1 cm³/mol. The zero-order valence-corrected chi connectivity index (χ0v) is 11.9. The van der Waals surface area contributed by atoms with Gasteiger partial charge in [-0.15, -0.1) is 0 Å². The minimum absolute atomic E-state index is 0.132. The maximum Gasteiger partial charge on any atom is 0.0578 e. The summed E-state index contributed by atoms with van der Waals surface area (Å²) in [6.07, 6.45) is 3.10. The highest BCUT2D eigenvalue weighted by Gasteiger charge is 2.28. The van der Waals surface area contributed by atoms with Crippen molar-refractivity contribution in [1.29, 1.82) is 0 Å². The Hall–Kier alpha value is -0.120. The van der Waals surface area contributed by atoms with Gasteiger partial charge in [0.05, 0.1) is 6.10 Å². The topological polar surface area (TPSA) is 35.5 Å². The summed E-state index contributed by atoms with van der Waals surface area (Å²) in [7, 11) is 2.16. The van der Waals surface area contributed by atoms with Gasteiger partial charge < -0.3 is 15.3 Å². The van der Waals surface area contributed by atoms with Crippen LogP contribution in [0.25, 0.3) is 0 Å². The molecule has 2 N–H and O–H groups in total. The van der Waals surface area contributed by atoms with E-state index in [0.717, 1.165) is 38.4 Å². The Kier molecular flexibility index (Phi) is 6.45. The first kappa shape index (κ1) is 14.9. The van der Waals surface area contributed by atoms with E-state index in [1.165, 1.54) is 6.42 Å². The highest BCUT2D eigenvalue weighted by Crippen LogP contribution is 2.21. The molecule has 1 fully saturated rings. The molecule has 0 amide bonds. The van der Waals surface area contributed by atoms with Gasteiger partial charge >= 0.3 is 0 Å². The molecule has 3 atom stereocenters. The summed E-state index contributed by atoms with van der Waals surface area (Å²) in [6, 6.07) is 0.554. The molecule has 3 heteroatoms. The van der Waals surface area contributed by atoms with Crippen molar-refractivity contribution in [3.05, 3.63) is 0 Å². The van der Waals surface area contributed by atoms with Gasteiger partial charge in [0.1, 0.15) is 0 Å². The van der Waals surface area contributed by atoms with Crippen molar-refractivity contribution < 1.29 is 5.11 Å². The third kappa shape index (κ3) is 5.36. The van der Waals surface area contributed by atoms with Gasteiger partial charge in [0.2, 0.25) is 0 Å². The number of aliphatic hydroxyl groups excluding tert-OH is 1. The quantitative estimate of drug-likeness (QED) is 0.744. The lowest BCUT2D eigenvalue weighted by Crippen LogP contribution is -2.50. The molecule has 1 saturated heterocycles. The maximum atomic E-state index is 9.98. The molecule has 1 rings (SSSR count). The zero-order valence-electron chi connectivity index (χ0n) is 11.9. The molecule has 17 heavy (non-hydrogen) atoms. The van der Waals surface area contributed by atoms with Crippen LogP contribution < -0.4 is 5.32 Å². The monoisotopic (exact) mass is 242 g/mol. The fraction of sp³-hybridized carbons (Fsp3) is 1.00. The molecule has 3 unspecified atom stereocenters. The zero-order chi connectivity index (χ0) is 12.8. The average molecular weight is 242 g/mol. The van der Waals surface area contributed by atoms with Gasteiger partial charge in [-0.1, -0.05) is 20.8 Å². The number of rotatable bonds is 6. The highest BCUT2D eigenvalue weighted by atomic mass is 16.3. The number of nitrogens with one attached hydrogen (secondary N) is 1. The van der Waals surface area contributed by atoms with E-state index in [1.54, 1.807) is 0 Å². The fourth-order valence-electron chi connectivity index (χ4n) is 2.70. The Balaban J connectivity index is 2.34. The number of likely N-dealkylation sites (N-methyl/N-ethyl adjacent to an activating group) is 1. The van der Waals surface area contributed by atoms with Gasteiger partial charge in [0.15, 0.2) is 0 Å². The van der Waals surface area contributed by atoms with E-state index >= 15 is 0 Å². The molecule has 3 nitrogen and oxygen atoms in total. The highest BCUT2D eigenvalue weighted by molar-refractivity contribution is 4.85. The van der Waals surface area contributed by atoms with Crippen LogP contribution in [0, 0.1) is 11.8 Å². The third-order valence-corrected chi connectivity index (χ3v) is 3.78. The fourth-order valence-corrected chi connectivity index (χ4v) is 2.70. The second-order valence-corrected chi connectivity index (χ2v) is 6.03. The molecule has 102 valence electrons. The standard InChI is InChI=1S/C14H30N2O/c1-5-14(17)12-8-13(10-16(4)9-12)15-7-6-11(2)3/h11-15,17H,5-10H2,1-4H3. The van der Waals surface area contributed by atoms with Crippen LogP contribution in [0.2, 0.25) is 0 Å². The smallest absolute Gasteiger partial charge is 0.0578 e. The summed E-state index contributed by atoms with van der Waals surface area (Å²) < 4.78 is 0. The number of aliphatic hydroxyl groups is 1. The molecule has 0 radical (unpaired) electrons. The number of nitrogens with zero attached hydrogens (tertiary/aromatic N) is 1. The Morgan fingerprint density at radius 3 is 2.65 bits per heavy atom. The molecule has 1 aliphatic heterocycles. The Bertz CT molecular complexity index is 208. The Morgan fingerprint density at radius 1 is 1.35 bits per heavy atom. The van der Waals surface area contributed by atoms with Gasteiger partial charge in [0.25, 0.3) is 0 Å². The second-order valence-electron chi connectivity index (χ2n) is 6.03. The van der Waals surface area contributed by atoms with E-state index in [4.69, 9.17) is 0 Å². The van der Waals surface area contributed by atoms with Crippen LogP contribution in [0.5, 0.6) is 0 Å². The van der Waals surface area contributed by atoms with Gasteiger partial charge in [-0.05, 0) is 44.7 Å². The second kappa shape index (κ2) is 7.34. The number of piperidine rings is 1. The van der Waals surface area contributed by atoms with E-state index in [9.17, 15) is 5.11 Å². The Morgan fingerprint density at radius 2 is 2.06 bits per heavy atom. The van der Waals surface area contributed by atoms with E-state index in [0.29, 0.717) is 12.0 Å². The van der Waals surface area contributed by atoms with Gasteiger partial charge in [-0.25, -0.2) is 0 Å². The lowest BCUT2D eigenvalue weighted by molar-refractivity contribution is 0.0445. The van der Waals surface area contributed by atoms with Gasteiger partial charge in [0, 0.05) is 19.1 Å². The minimum Gasteiger partial charge on any atom is -0.393 e. The first-order chi connectivity index (χ1) is 8.02. The van der Waals surface area contributed by atoms with E-state index in [2.05, 4.69) is 38.0 Å². The summed E-state index contributed by atoms with van der Waals surface area (Å²) >= 11 is 0. The lowest BCUT2D eigenvalue weighted by atomic mass is 9.88. The molecule has 0 bridgehead atoms. The molecule has 0 aliphatic carbocycles. The largest absolute Gasteiger partial charge is 0.393 e. The number of hydrogen-bond acceptors (Lipinski definition) is 3. The van der Waals surface area contributed by atoms with Gasteiger partial charge in [-0.3, -0.25) is 0 Å². The van der Waals surface area contributed by atoms with Crippen molar-refractivity contribution in [2.75, 3.05) is 26.7 Å². The summed E-state index contributed by atoms with van der Waals surface area (Å²) in [5, 5.41) is 13.6. The first-order valence-corrected chi connectivity index (χ1v) is 7.12. The minimum atomic E-state index is -0.132. The number of hydrogen-bond donors (Lipinski definition) is 2. The normalized spacial score (nSPS) is 28.6. The van der Waals surface area contributed by atoms with E-state index in [-0.39, 0.29) is 6.10 Å². The summed E-state index contributed by atoms with van der Waals surface area (Å²) in [4.78, 5) is 2.35. The van der Waals surface area contributed by atoms with Crippen LogP contribution in [0.15, 0.2) is 0 Å². The molecular weight excluding hydrogens is 212 g/mol. The SMILES string of the molecule is CCC(O)C1CC(NCCC(C)C)CN(C)C1. The van der Waals surface area contributed by atoms with Gasteiger partial charge in [-0.2, -0.15) is 0 Å². The van der Waals surface area contributed by atoms with Crippen molar-refractivity contribution in [2.45, 2.75) is 52.2 Å². The molecule has 1 aliphatic rings. The Labute approximate surface area is 107 Å². The lowest BCUT2D eigenvalue weighted by Gasteiger charge is -2.38. The van der Waals surface area contributed by atoms with Crippen LogP contribution in [0.4, 0.5) is 0 Å².